The number of imide groups is 1. The minimum atomic E-state index is -0.684. The minimum Gasteiger partial charge on any atom is -0.311 e. The Morgan fingerprint density at radius 1 is 0.792 bits per heavy atom. The van der Waals surface area contributed by atoms with Crippen molar-refractivity contribution in [1.82, 2.24) is 4.90 Å². The molecule has 0 bridgehead atoms. The summed E-state index contributed by atoms with van der Waals surface area (Å²) >= 11 is 0. The van der Waals surface area contributed by atoms with Crippen LogP contribution in [0.1, 0.15) is 29.8 Å². The molecule has 0 spiro atoms. The van der Waals surface area contributed by atoms with Crippen molar-refractivity contribution in [1.29, 1.82) is 0 Å². The smallest absolute Gasteiger partial charge is 0.311 e. The van der Waals surface area contributed by atoms with Crippen molar-refractivity contribution in [2.45, 2.75) is 13.8 Å². The second kappa shape index (κ2) is 7.82. The van der Waals surface area contributed by atoms with E-state index in [1.54, 1.807) is 60.7 Å². The van der Waals surface area contributed by atoms with E-state index in [-0.39, 0.29) is 5.84 Å². The maximum atomic E-state index is 12.0. The Hall–Kier alpha value is -3.28. The Kier molecular flexibility index (Phi) is 5.57. The molecule has 0 saturated carbocycles. The van der Waals surface area contributed by atoms with Crippen LogP contribution in [0.4, 0.5) is 0 Å². The van der Waals surface area contributed by atoms with E-state index in [4.69, 9.17) is 4.84 Å². The van der Waals surface area contributed by atoms with Crippen molar-refractivity contribution in [3.63, 3.8) is 0 Å². The van der Waals surface area contributed by atoms with Crippen molar-refractivity contribution in [3.8, 4) is 0 Å². The number of benzene rings is 2. The van der Waals surface area contributed by atoms with E-state index >= 15 is 0 Å². The lowest BCUT2D eigenvalue weighted by Crippen LogP contribution is -2.39. The molecule has 0 fully saturated rings. The second-order valence-corrected chi connectivity index (χ2v) is 4.90. The Labute approximate surface area is 139 Å². The fraction of sp³-hybridized carbons (Fsp3) is 0.111. The van der Waals surface area contributed by atoms with Crippen molar-refractivity contribution in [2.75, 3.05) is 0 Å². The van der Waals surface area contributed by atoms with E-state index in [9.17, 15) is 14.4 Å². The molecule has 0 atom stereocenters. The molecule has 2 aromatic carbocycles. The molecule has 6 heteroatoms. The monoisotopic (exact) mass is 324 g/mol. The lowest BCUT2D eigenvalue weighted by atomic mass is 10.2. The van der Waals surface area contributed by atoms with Gasteiger partial charge in [0, 0.05) is 19.4 Å². The van der Waals surface area contributed by atoms with Crippen LogP contribution in [-0.4, -0.2) is 28.5 Å². The van der Waals surface area contributed by atoms with Gasteiger partial charge in [-0.05, 0) is 12.1 Å². The van der Waals surface area contributed by atoms with Gasteiger partial charge >= 0.3 is 5.97 Å². The lowest BCUT2D eigenvalue weighted by Gasteiger charge is -2.18. The molecule has 2 amide bonds. The van der Waals surface area contributed by atoms with Gasteiger partial charge in [0.25, 0.3) is 0 Å². The molecule has 0 unspecified atom stereocenters. The van der Waals surface area contributed by atoms with Gasteiger partial charge in [0.2, 0.25) is 11.8 Å². The maximum absolute atomic E-state index is 12.0. The Bertz CT molecular complexity index is 756. The van der Waals surface area contributed by atoms with Crippen LogP contribution in [0.15, 0.2) is 65.8 Å². The zero-order valence-electron chi connectivity index (χ0n) is 13.3. The van der Waals surface area contributed by atoms with Crippen LogP contribution >= 0.6 is 0 Å². The summed E-state index contributed by atoms with van der Waals surface area (Å²) in [4.78, 5) is 41.4. The summed E-state index contributed by atoms with van der Waals surface area (Å²) in [7, 11) is 0. The summed E-state index contributed by atoms with van der Waals surface area (Å²) in [6.45, 7) is 2.47. The molecular formula is C18H16N2O4. The van der Waals surface area contributed by atoms with E-state index < -0.39 is 17.8 Å². The second-order valence-electron chi connectivity index (χ2n) is 4.90. The number of nitrogens with zero attached hydrogens (tertiary/aromatic N) is 2. The summed E-state index contributed by atoms with van der Waals surface area (Å²) in [5, 5.41) is 3.76. The molecule has 0 saturated heterocycles. The number of oxime groups is 1. The zero-order valence-corrected chi connectivity index (χ0v) is 13.3. The first-order chi connectivity index (χ1) is 11.5. The molecule has 24 heavy (non-hydrogen) atoms. The van der Waals surface area contributed by atoms with Crippen LogP contribution in [0.2, 0.25) is 0 Å². The third-order valence-corrected chi connectivity index (χ3v) is 3.10. The first-order valence-corrected chi connectivity index (χ1v) is 7.21. The van der Waals surface area contributed by atoms with Gasteiger partial charge in [0.1, 0.15) is 0 Å². The molecule has 0 aromatic heterocycles. The third-order valence-electron chi connectivity index (χ3n) is 3.10. The average Bonchev–Trinajstić information content (AvgIpc) is 2.59. The van der Waals surface area contributed by atoms with Gasteiger partial charge in [0.05, 0.1) is 5.56 Å². The molecule has 0 radical (unpaired) electrons. The molecule has 0 aliphatic heterocycles. The topological polar surface area (TPSA) is 76.0 Å². The molecule has 0 aliphatic rings. The van der Waals surface area contributed by atoms with Crippen molar-refractivity contribution in [3.05, 3.63) is 71.8 Å². The van der Waals surface area contributed by atoms with Crippen LogP contribution in [0.5, 0.6) is 0 Å². The summed E-state index contributed by atoms with van der Waals surface area (Å²) in [5.41, 5.74) is 0.787. The van der Waals surface area contributed by atoms with Crippen LogP contribution in [-0.2, 0) is 14.4 Å². The number of amidine groups is 1. The number of carbonyl (C=O) groups excluding carboxylic acids is 3. The van der Waals surface area contributed by atoms with Gasteiger partial charge in [-0.3, -0.25) is 9.59 Å². The maximum Gasteiger partial charge on any atom is 0.365 e. The van der Waals surface area contributed by atoms with E-state index in [2.05, 4.69) is 5.16 Å². The summed E-state index contributed by atoms with van der Waals surface area (Å²) in [6, 6.07) is 16.9. The van der Waals surface area contributed by atoms with Gasteiger partial charge < -0.3 is 4.84 Å². The predicted octanol–water partition coefficient (Wildman–Crippen LogP) is 2.60. The molecule has 122 valence electrons. The standard InChI is InChI=1S/C18H16N2O4/c1-13(21)20(14(2)22)17(15-9-5-3-6-10-15)19-24-18(23)16-11-7-4-8-12-16/h3-12H,1-2H3/b19-17-. The summed E-state index contributed by atoms with van der Waals surface area (Å²) in [6.07, 6.45) is 0. The highest BCUT2D eigenvalue weighted by Gasteiger charge is 2.23. The highest BCUT2D eigenvalue weighted by molar-refractivity contribution is 6.17. The number of amides is 2. The first kappa shape index (κ1) is 17.1. The summed E-state index contributed by atoms with van der Waals surface area (Å²) in [5.74, 6) is -1.78. The highest BCUT2D eigenvalue weighted by Crippen LogP contribution is 2.09. The molecule has 0 aliphatic carbocycles. The van der Waals surface area contributed by atoms with Crippen molar-refractivity contribution >= 4 is 23.6 Å². The molecule has 0 heterocycles. The fourth-order valence-electron chi connectivity index (χ4n) is 2.04. The first-order valence-electron chi connectivity index (χ1n) is 7.21. The van der Waals surface area contributed by atoms with Gasteiger partial charge in [-0.15, -0.1) is 0 Å². The van der Waals surface area contributed by atoms with Crippen molar-refractivity contribution in [2.24, 2.45) is 5.16 Å². The van der Waals surface area contributed by atoms with E-state index in [0.717, 1.165) is 4.90 Å². The molecule has 6 nitrogen and oxygen atoms in total. The quantitative estimate of drug-likeness (QED) is 0.376. The average molecular weight is 324 g/mol. The predicted molar refractivity (Wildman–Crippen MR) is 88.0 cm³/mol. The number of hydrogen-bond donors (Lipinski definition) is 0. The highest BCUT2D eigenvalue weighted by atomic mass is 16.7. The van der Waals surface area contributed by atoms with E-state index in [0.29, 0.717) is 11.1 Å². The largest absolute Gasteiger partial charge is 0.365 e. The SMILES string of the molecule is CC(=O)N(C(C)=O)/C(=N\OC(=O)c1ccccc1)c1ccccc1. The third kappa shape index (κ3) is 4.13. The van der Waals surface area contributed by atoms with Crippen molar-refractivity contribution < 1.29 is 19.2 Å². The van der Waals surface area contributed by atoms with Gasteiger partial charge in [-0.1, -0.05) is 53.7 Å². The van der Waals surface area contributed by atoms with Crippen LogP contribution in [0, 0.1) is 0 Å². The summed E-state index contributed by atoms with van der Waals surface area (Å²) < 4.78 is 0. The Morgan fingerprint density at radius 2 is 1.25 bits per heavy atom. The molecule has 2 aromatic rings. The molecule has 2 rings (SSSR count). The Morgan fingerprint density at radius 3 is 1.71 bits per heavy atom. The molecule has 0 N–H and O–H groups in total. The van der Waals surface area contributed by atoms with Gasteiger partial charge in [-0.25, -0.2) is 9.69 Å². The van der Waals surface area contributed by atoms with Crippen LogP contribution in [0.25, 0.3) is 0 Å². The zero-order chi connectivity index (χ0) is 17.5. The number of carbonyl (C=O) groups is 3. The Balaban J connectivity index is 2.37. The van der Waals surface area contributed by atoms with E-state index in [1.807, 2.05) is 0 Å². The van der Waals surface area contributed by atoms with Crippen LogP contribution in [0.3, 0.4) is 0 Å². The molecular weight excluding hydrogens is 308 g/mol. The van der Waals surface area contributed by atoms with Gasteiger partial charge in [-0.2, -0.15) is 0 Å². The fourth-order valence-corrected chi connectivity index (χ4v) is 2.04. The van der Waals surface area contributed by atoms with Crippen LogP contribution < -0.4 is 0 Å². The normalized spacial score (nSPS) is 10.8. The lowest BCUT2D eigenvalue weighted by molar-refractivity contribution is -0.137. The van der Waals surface area contributed by atoms with E-state index in [1.165, 1.54) is 13.8 Å². The minimum absolute atomic E-state index is 0.0418. The number of hydrogen-bond acceptors (Lipinski definition) is 5. The van der Waals surface area contributed by atoms with Gasteiger partial charge in [0.15, 0.2) is 5.84 Å². The number of rotatable bonds is 3.